The van der Waals surface area contributed by atoms with E-state index in [1.54, 1.807) is 0 Å². The summed E-state index contributed by atoms with van der Waals surface area (Å²) in [6.07, 6.45) is 0. The second-order valence-electron chi connectivity index (χ2n) is 7.45. The Morgan fingerprint density at radius 2 is 1.21 bits per heavy atom. The average Bonchev–Trinajstić information content (AvgIpc) is 2.85. The Labute approximate surface area is 191 Å². The lowest BCUT2D eigenvalue weighted by Crippen LogP contribution is -2.28. The molecule has 4 aromatic rings. The van der Waals surface area contributed by atoms with Gasteiger partial charge in [-0.2, -0.15) is 0 Å². The zero-order chi connectivity index (χ0) is 23.0. The summed E-state index contributed by atoms with van der Waals surface area (Å²) >= 11 is 0. The minimum absolute atomic E-state index is 0.0179. The van der Waals surface area contributed by atoms with E-state index in [0.717, 1.165) is 16.7 Å². The van der Waals surface area contributed by atoms with Gasteiger partial charge in [0.05, 0.1) is 6.54 Å². The molecular weight excluding hydrogens is 418 g/mol. The van der Waals surface area contributed by atoms with Crippen LogP contribution < -0.4 is 15.0 Å². The first-order valence-electron chi connectivity index (χ1n) is 10.5. The van der Waals surface area contributed by atoms with Gasteiger partial charge in [-0.15, -0.1) is 0 Å². The molecule has 0 saturated carbocycles. The fourth-order valence-corrected chi connectivity index (χ4v) is 3.41. The van der Waals surface area contributed by atoms with E-state index < -0.39 is 11.5 Å². The van der Waals surface area contributed by atoms with Gasteiger partial charge in [-0.05, 0) is 16.7 Å². The van der Waals surface area contributed by atoms with Crippen LogP contribution in [0.1, 0.15) is 27.2 Å². The zero-order valence-corrected chi connectivity index (χ0v) is 17.9. The molecule has 1 aromatic heterocycles. The Kier molecular flexibility index (Phi) is 6.85. The van der Waals surface area contributed by atoms with Crippen LogP contribution in [0.15, 0.2) is 102 Å². The molecular formula is C27H23NO5. The fraction of sp³-hybridized carbons (Fsp3) is 0.111. The summed E-state index contributed by atoms with van der Waals surface area (Å²) in [5.74, 6) is -1.14. The van der Waals surface area contributed by atoms with Crippen molar-refractivity contribution < 1.29 is 19.4 Å². The summed E-state index contributed by atoms with van der Waals surface area (Å²) in [5, 5.41) is 9.82. The van der Waals surface area contributed by atoms with Crippen molar-refractivity contribution in [2.24, 2.45) is 0 Å². The summed E-state index contributed by atoms with van der Waals surface area (Å²) in [6, 6.07) is 29.4. The van der Waals surface area contributed by atoms with Crippen LogP contribution in [0.2, 0.25) is 0 Å². The molecule has 0 fully saturated rings. The third-order valence-electron chi connectivity index (χ3n) is 5.09. The number of aromatic carboxylic acids is 1. The fourth-order valence-electron chi connectivity index (χ4n) is 3.41. The van der Waals surface area contributed by atoms with Gasteiger partial charge in [-0.25, -0.2) is 4.79 Å². The second-order valence-corrected chi connectivity index (χ2v) is 7.45. The minimum atomic E-state index is -1.22. The van der Waals surface area contributed by atoms with Gasteiger partial charge in [-0.1, -0.05) is 91.0 Å². The first kappa shape index (κ1) is 21.9. The summed E-state index contributed by atoms with van der Waals surface area (Å²) in [4.78, 5) is 25.5. The highest BCUT2D eigenvalue weighted by molar-refractivity contribution is 5.86. The highest BCUT2D eigenvalue weighted by Crippen LogP contribution is 2.27. The molecule has 0 saturated heterocycles. The standard InChI is InChI=1S/C27H23NO5/c29-26-25(33-19-22-14-8-3-9-15-22)24(32-18-21-12-6-2-7-13-21)16-23(27(30)31)28(26)17-20-10-4-1-5-11-20/h1-16H,17-19H2,(H,30,31). The summed E-state index contributed by atoms with van der Waals surface area (Å²) in [6.45, 7) is 0.418. The molecule has 0 atom stereocenters. The lowest BCUT2D eigenvalue weighted by atomic mass is 10.2. The number of hydrogen-bond acceptors (Lipinski definition) is 4. The average molecular weight is 441 g/mol. The molecule has 1 heterocycles. The largest absolute Gasteiger partial charge is 0.485 e. The number of benzene rings is 3. The van der Waals surface area contributed by atoms with Gasteiger partial charge in [0, 0.05) is 6.07 Å². The number of carboxylic acid groups (broad SMARTS) is 1. The molecule has 0 aliphatic rings. The molecule has 0 radical (unpaired) electrons. The van der Waals surface area contributed by atoms with E-state index in [0.29, 0.717) is 0 Å². The van der Waals surface area contributed by atoms with Crippen molar-refractivity contribution >= 4 is 5.97 Å². The maximum absolute atomic E-state index is 13.4. The first-order valence-corrected chi connectivity index (χ1v) is 10.5. The van der Waals surface area contributed by atoms with Gasteiger partial charge in [0.2, 0.25) is 5.75 Å². The number of carboxylic acids is 1. The molecule has 3 aromatic carbocycles. The number of pyridine rings is 1. The first-order chi connectivity index (χ1) is 16.1. The third-order valence-corrected chi connectivity index (χ3v) is 5.09. The normalized spacial score (nSPS) is 10.5. The predicted molar refractivity (Wildman–Crippen MR) is 125 cm³/mol. The molecule has 0 bridgehead atoms. The van der Waals surface area contributed by atoms with Crippen LogP contribution in [-0.2, 0) is 19.8 Å². The number of hydrogen-bond donors (Lipinski definition) is 1. The highest BCUT2D eigenvalue weighted by atomic mass is 16.5. The number of rotatable bonds is 9. The quantitative estimate of drug-likeness (QED) is 0.406. The van der Waals surface area contributed by atoms with E-state index >= 15 is 0 Å². The van der Waals surface area contributed by atoms with Crippen molar-refractivity contribution in [2.45, 2.75) is 19.8 Å². The Balaban J connectivity index is 1.73. The van der Waals surface area contributed by atoms with Crippen LogP contribution in [0.4, 0.5) is 0 Å². The Morgan fingerprint density at radius 3 is 1.73 bits per heavy atom. The second kappa shape index (κ2) is 10.3. The Morgan fingerprint density at radius 1 is 0.727 bits per heavy atom. The molecule has 4 rings (SSSR count). The van der Waals surface area contributed by atoms with E-state index in [-0.39, 0.29) is 37.0 Å². The van der Waals surface area contributed by atoms with E-state index in [1.807, 2.05) is 91.0 Å². The van der Waals surface area contributed by atoms with Crippen molar-refractivity contribution in [3.05, 3.63) is 130 Å². The van der Waals surface area contributed by atoms with Crippen LogP contribution in [-0.4, -0.2) is 15.6 Å². The number of carbonyl (C=O) groups is 1. The lowest BCUT2D eigenvalue weighted by Gasteiger charge is -2.17. The summed E-state index contributed by atoms with van der Waals surface area (Å²) < 4.78 is 13.0. The summed E-state index contributed by atoms with van der Waals surface area (Å²) in [5.41, 5.74) is 1.84. The van der Waals surface area contributed by atoms with Crippen LogP contribution in [0, 0.1) is 0 Å². The molecule has 0 aliphatic heterocycles. The maximum atomic E-state index is 13.4. The van der Waals surface area contributed by atoms with Gasteiger partial charge in [0.25, 0.3) is 5.56 Å². The van der Waals surface area contributed by atoms with E-state index in [1.165, 1.54) is 10.6 Å². The number of nitrogens with zero attached hydrogens (tertiary/aromatic N) is 1. The van der Waals surface area contributed by atoms with Gasteiger partial charge >= 0.3 is 5.97 Å². The van der Waals surface area contributed by atoms with Crippen molar-refractivity contribution in [1.82, 2.24) is 4.57 Å². The van der Waals surface area contributed by atoms with Crippen LogP contribution in [0.5, 0.6) is 11.5 Å². The van der Waals surface area contributed by atoms with Crippen LogP contribution in [0.25, 0.3) is 0 Å². The molecule has 0 spiro atoms. The minimum Gasteiger partial charge on any atom is -0.485 e. The van der Waals surface area contributed by atoms with E-state index in [4.69, 9.17) is 9.47 Å². The molecule has 0 unspecified atom stereocenters. The van der Waals surface area contributed by atoms with Gasteiger partial charge in [0.1, 0.15) is 18.9 Å². The molecule has 6 nitrogen and oxygen atoms in total. The Hall–Kier alpha value is -4.32. The smallest absolute Gasteiger partial charge is 0.352 e. The van der Waals surface area contributed by atoms with Gasteiger partial charge in [0.15, 0.2) is 5.75 Å². The molecule has 166 valence electrons. The summed E-state index contributed by atoms with van der Waals surface area (Å²) in [7, 11) is 0. The van der Waals surface area contributed by atoms with Gasteiger partial charge < -0.3 is 14.6 Å². The Bertz CT molecular complexity index is 1270. The molecule has 0 amide bonds. The molecule has 1 N–H and O–H groups in total. The van der Waals surface area contributed by atoms with Crippen molar-refractivity contribution in [3.8, 4) is 11.5 Å². The lowest BCUT2D eigenvalue weighted by molar-refractivity contribution is 0.0682. The molecule has 0 aliphatic carbocycles. The van der Waals surface area contributed by atoms with Crippen LogP contribution in [0.3, 0.4) is 0 Å². The SMILES string of the molecule is O=C(O)c1cc(OCc2ccccc2)c(OCc2ccccc2)c(=O)n1Cc1ccccc1. The maximum Gasteiger partial charge on any atom is 0.352 e. The number of aromatic nitrogens is 1. The molecule has 6 heteroatoms. The molecule has 33 heavy (non-hydrogen) atoms. The third kappa shape index (κ3) is 5.49. The van der Waals surface area contributed by atoms with E-state index in [9.17, 15) is 14.7 Å². The van der Waals surface area contributed by atoms with E-state index in [2.05, 4.69) is 0 Å². The van der Waals surface area contributed by atoms with Crippen molar-refractivity contribution in [1.29, 1.82) is 0 Å². The zero-order valence-electron chi connectivity index (χ0n) is 17.9. The van der Waals surface area contributed by atoms with Crippen molar-refractivity contribution in [2.75, 3.05) is 0 Å². The van der Waals surface area contributed by atoms with Gasteiger partial charge in [-0.3, -0.25) is 9.36 Å². The number of ether oxygens (including phenoxy) is 2. The van der Waals surface area contributed by atoms with Crippen molar-refractivity contribution in [3.63, 3.8) is 0 Å². The predicted octanol–water partition coefficient (Wildman–Crippen LogP) is 4.75. The van der Waals surface area contributed by atoms with Crippen LogP contribution >= 0.6 is 0 Å². The topological polar surface area (TPSA) is 77.8 Å². The highest BCUT2D eigenvalue weighted by Gasteiger charge is 2.22. The monoisotopic (exact) mass is 441 g/mol.